The van der Waals surface area contributed by atoms with Crippen molar-refractivity contribution >= 4 is 35.9 Å². The summed E-state index contributed by atoms with van der Waals surface area (Å²) in [6.45, 7) is 3.47. The molecule has 158 valence electrons. The summed E-state index contributed by atoms with van der Waals surface area (Å²) < 4.78 is 5.17. The maximum absolute atomic E-state index is 6.18. The number of guanidine groups is 1. The summed E-state index contributed by atoms with van der Waals surface area (Å²) in [6.07, 6.45) is 3.50. The molecule has 0 atom stereocenters. The van der Waals surface area contributed by atoms with Gasteiger partial charge in [-0.3, -0.25) is 5.10 Å². The fraction of sp³-hybridized carbons (Fsp3) is 0.316. The van der Waals surface area contributed by atoms with E-state index in [4.69, 9.17) is 10.5 Å². The van der Waals surface area contributed by atoms with E-state index >= 15 is 0 Å². The first-order valence-corrected chi connectivity index (χ1v) is 9.35. The third-order valence-corrected chi connectivity index (χ3v) is 4.71. The largest absolute Gasteiger partial charge is 0.497 e. The SMILES string of the molecule is COc1ccc(-c2n[nH]c(CN=C(N)N3CCN(c4ncccn4)CC3)n2)cc1.I. The van der Waals surface area contributed by atoms with Crippen molar-refractivity contribution in [3.63, 3.8) is 0 Å². The summed E-state index contributed by atoms with van der Waals surface area (Å²) in [5, 5.41) is 7.18. The zero-order valence-electron chi connectivity index (χ0n) is 16.6. The normalized spacial score (nSPS) is 14.4. The summed E-state index contributed by atoms with van der Waals surface area (Å²) in [5.41, 5.74) is 7.09. The number of benzene rings is 1. The predicted octanol–water partition coefficient (Wildman–Crippen LogP) is 1.53. The number of H-pyrrole nitrogens is 1. The predicted molar refractivity (Wildman–Crippen MR) is 125 cm³/mol. The number of nitrogens with one attached hydrogen (secondary N) is 1. The second kappa shape index (κ2) is 10.2. The zero-order valence-corrected chi connectivity index (χ0v) is 18.9. The van der Waals surface area contributed by atoms with E-state index in [9.17, 15) is 0 Å². The Balaban J connectivity index is 0.00000256. The molecule has 4 rings (SSSR count). The van der Waals surface area contributed by atoms with Crippen molar-refractivity contribution in [3.05, 3.63) is 48.5 Å². The van der Waals surface area contributed by atoms with E-state index in [1.54, 1.807) is 19.5 Å². The fourth-order valence-electron chi connectivity index (χ4n) is 3.08. The van der Waals surface area contributed by atoms with E-state index in [0.29, 0.717) is 24.2 Å². The van der Waals surface area contributed by atoms with Crippen molar-refractivity contribution in [1.29, 1.82) is 0 Å². The summed E-state index contributed by atoms with van der Waals surface area (Å²) in [4.78, 5) is 21.7. The van der Waals surface area contributed by atoms with Crippen LogP contribution < -0.4 is 15.4 Å². The van der Waals surface area contributed by atoms with Gasteiger partial charge in [-0.15, -0.1) is 24.0 Å². The minimum Gasteiger partial charge on any atom is -0.497 e. The minimum absolute atomic E-state index is 0. The summed E-state index contributed by atoms with van der Waals surface area (Å²) in [7, 11) is 1.64. The van der Waals surface area contributed by atoms with Crippen LogP contribution in [0.1, 0.15) is 5.82 Å². The summed E-state index contributed by atoms with van der Waals surface area (Å²) in [5.74, 6) is 3.32. The molecule has 3 N–H and O–H groups in total. The Morgan fingerprint density at radius 3 is 2.50 bits per heavy atom. The van der Waals surface area contributed by atoms with E-state index < -0.39 is 0 Å². The Morgan fingerprint density at radius 1 is 1.13 bits per heavy atom. The lowest BCUT2D eigenvalue weighted by Crippen LogP contribution is -2.51. The van der Waals surface area contributed by atoms with Crippen LogP contribution in [0.2, 0.25) is 0 Å². The van der Waals surface area contributed by atoms with E-state index in [0.717, 1.165) is 43.4 Å². The van der Waals surface area contributed by atoms with Gasteiger partial charge in [0.25, 0.3) is 0 Å². The highest BCUT2D eigenvalue weighted by atomic mass is 127. The number of methoxy groups -OCH3 is 1. The first-order valence-electron chi connectivity index (χ1n) is 9.35. The van der Waals surface area contributed by atoms with Gasteiger partial charge in [-0.2, -0.15) is 5.10 Å². The molecule has 0 unspecified atom stereocenters. The van der Waals surface area contributed by atoms with E-state index in [-0.39, 0.29) is 24.0 Å². The molecule has 1 saturated heterocycles. The minimum atomic E-state index is 0. The maximum atomic E-state index is 6.18. The second-order valence-electron chi connectivity index (χ2n) is 6.53. The van der Waals surface area contributed by atoms with Gasteiger partial charge in [0.15, 0.2) is 11.8 Å². The molecule has 0 spiro atoms. The molecular formula is C19H24IN9O. The molecule has 0 radical (unpaired) electrons. The Hall–Kier alpha value is -2.96. The van der Waals surface area contributed by atoms with Crippen LogP contribution in [-0.4, -0.2) is 69.3 Å². The standard InChI is InChI=1S/C19H23N9O.HI/c1-29-15-5-3-14(4-6-15)17-24-16(25-26-17)13-23-18(20)27-9-11-28(12-10-27)19-21-7-2-8-22-19;/h2-8H,9-13H2,1H3,(H2,20,23)(H,24,25,26);1H. The van der Waals surface area contributed by atoms with Gasteiger partial charge in [0.2, 0.25) is 5.95 Å². The number of halogens is 1. The highest BCUT2D eigenvalue weighted by molar-refractivity contribution is 14.0. The molecule has 3 heterocycles. The highest BCUT2D eigenvalue weighted by Gasteiger charge is 2.20. The van der Waals surface area contributed by atoms with Crippen LogP contribution in [0.4, 0.5) is 5.95 Å². The van der Waals surface area contributed by atoms with Crippen molar-refractivity contribution in [1.82, 2.24) is 30.0 Å². The number of nitrogens with zero attached hydrogens (tertiary/aromatic N) is 7. The fourth-order valence-corrected chi connectivity index (χ4v) is 3.08. The number of nitrogens with two attached hydrogens (primary N) is 1. The van der Waals surface area contributed by atoms with Crippen molar-refractivity contribution in [2.75, 3.05) is 38.2 Å². The van der Waals surface area contributed by atoms with Crippen LogP contribution in [-0.2, 0) is 6.54 Å². The maximum Gasteiger partial charge on any atom is 0.225 e. The molecule has 11 heteroatoms. The molecule has 2 aromatic heterocycles. The first kappa shape index (κ1) is 21.7. The Kier molecular flexibility index (Phi) is 7.38. The molecule has 1 aliphatic heterocycles. The van der Waals surface area contributed by atoms with E-state index in [2.05, 4.69) is 39.9 Å². The Morgan fingerprint density at radius 2 is 1.83 bits per heavy atom. The van der Waals surface area contributed by atoms with Crippen LogP contribution in [0.25, 0.3) is 11.4 Å². The van der Waals surface area contributed by atoms with Crippen LogP contribution in [0, 0.1) is 0 Å². The van der Waals surface area contributed by atoms with Crippen LogP contribution in [0.5, 0.6) is 5.75 Å². The number of hydrogen-bond donors (Lipinski definition) is 2. The zero-order chi connectivity index (χ0) is 20.1. The Bertz CT molecular complexity index is 954. The molecule has 1 aliphatic rings. The lowest BCUT2D eigenvalue weighted by atomic mass is 10.2. The monoisotopic (exact) mass is 521 g/mol. The molecule has 0 saturated carbocycles. The molecule has 0 amide bonds. The van der Waals surface area contributed by atoms with Crippen molar-refractivity contribution in [2.45, 2.75) is 6.54 Å². The molecule has 3 aromatic rings. The van der Waals surface area contributed by atoms with E-state index in [1.807, 2.05) is 30.3 Å². The van der Waals surface area contributed by atoms with Crippen molar-refractivity contribution in [2.24, 2.45) is 10.7 Å². The first-order chi connectivity index (χ1) is 14.2. The van der Waals surface area contributed by atoms with Gasteiger partial charge >= 0.3 is 0 Å². The second-order valence-corrected chi connectivity index (χ2v) is 6.53. The molecule has 0 aliphatic carbocycles. The molecule has 1 fully saturated rings. The third-order valence-electron chi connectivity index (χ3n) is 4.71. The van der Waals surface area contributed by atoms with Crippen molar-refractivity contribution in [3.8, 4) is 17.1 Å². The van der Waals surface area contributed by atoms with Gasteiger partial charge in [0.05, 0.1) is 7.11 Å². The number of aromatic nitrogens is 5. The molecule has 10 nitrogen and oxygen atoms in total. The number of aliphatic imine (C=N–C) groups is 1. The quantitative estimate of drug-likeness (QED) is 0.295. The number of piperazine rings is 1. The number of hydrogen-bond acceptors (Lipinski definition) is 7. The molecule has 30 heavy (non-hydrogen) atoms. The van der Waals surface area contributed by atoms with Gasteiger partial charge < -0.3 is 20.3 Å². The third kappa shape index (κ3) is 5.14. The van der Waals surface area contributed by atoms with E-state index in [1.165, 1.54) is 0 Å². The molecule has 1 aromatic carbocycles. The van der Waals surface area contributed by atoms with Crippen LogP contribution >= 0.6 is 24.0 Å². The van der Waals surface area contributed by atoms with Crippen LogP contribution in [0.15, 0.2) is 47.7 Å². The number of anilines is 1. The van der Waals surface area contributed by atoms with Crippen molar-refractivity contribution < 1.29 is 4.74 Å². The average Bonchev–Trinajstić information content (AvgIpc) is 3.27. The Labute approximate surface area is 191 Å². The van der Waals surface area contributed by atoms with Crippen LogP contribution in [0.3, 0.4) is 0 Å². The average molecular weight is 521 g/mol. The number of aromatic amines is 1. The number of ether oxygens (including phenoxy) is 1. The van der Waals surface area contributed by atoms with Gasteiger partial charge in [-0.1, -0.05) is 0 Å². The highest BCUT2D eigenvalue weighted by Crippen LogP contribution is 2.19. The molecular weight excluding hydrogens is 497 g/mol. The van der Waals surface area contributed by atoms with Gasteiger partial charge in [0.1, 0.15) is 18.1 Å². The number of rotatable bonds is 5. The molecule has 0 bridgehead atoms. The lowest BCUT2D eigenvalue weighted by molar-refractivity contribution is 0.378. The summed E-state index contributed by atoms with van der Waals surface area (Å²) >= 11 is 0. The summed E-state index contributed by atoms with van der Waals surface area (Å²) in [6, 6.07) is 9.40. The van der Waals surface area contributed by atoms with Gasteiger partial charge in [0, 0.05) is 44.1 Å². The van der Waals surface area contributed by atoms with Gasteiger partial charge in [-0.05, 0) is 30.3 Å². The topological polar surface area (TPSA) is 121 Å². The lowest BCUT2D eigenvalue weighted by Gasteiger charge is -2.35. The van der Waals surface area contributed by atoms with Gasteiger partial charge in [-0.25, -0.2) is 19.9 Å². The smallest absolute Gasteiger partial charge is 0.225 e.